The van der Waals surface area contributed by atoms with Crippen molar-refractivity contribution < 1.29 is 0 Å². The van der Waals surface area contributed by atoms with Crippen LogP contribution in [0.4, 0.5) is 0 Å². The van der Waals surface area contributed by atoms with Crippen LogP contribution in [0, 0.1) is 11.8 Å². The molecular formula is C34H66P2. The summed E-state index contributed by atoms with van der Waals surface area (Å²) in [5.74, 6) is 2.29. The molecule has 0 nitrogen and oxygen atoms in total. The predicted octanol–water partition coefficient (Wildman–Crippen LogP) is 12.4. The lowest BCUT2D eigenvalue weighted by Crippen LogP contribution is -2.23. The van der Waals surface area contributed by atoms with Gasteiger partial charge in [-0.15, -0.1) is 15.8 Å². The summed E-state index contributed by atoms with van der Waals surface area (Å²) in [5.41, 5.74) is 0. The highest BCUT2D eigenvalue weighted by Gasteiger charge is 2.49. The summed E-state index contributed by atoms with van der Waals surface area (Å²) in [6.45, 7) is 9.39. The van der Waals surface area contributed by atoms with Crippen molar-refractivity contribution in [3.63, 3.8) is 0 Å². The number of fused-ring (bicyclic) bond motifs is 4. The van der Waals surface area contributed by atoms with E-state index in [4.69, 9.17) is 0 Å². The van der Waals surface area contributed by atoms with Crippen LogP contribution in [0.5, 0.6) is 0 Å². The van der Waals surface area contributed by atoms with Crippen molar-refractivity contribution in [2.75, 3.05) is 24.6 Å². The van der Waals surface area contributed by atoms with Crippen molar-refractivity contribution in [1.29, 1.82) is 0 Å². The highest BCUT2D eigenvalue weighted by atomic mass is 31.1. The Morgan fingerprint density at radius 2 is 0.778 bits per heavy atom. The van der Waals surface area contributed by atoms with E-state index in [0.717, 1.165) is 22.1 Å². The molecule has 0 atom stereocenters. The van der Waals surface area contributed by atoms with Crippen LogP contribution in [0.15, 0.2) is 0 Å². The Morgan fingerprint density at radius 1 is 0.444 bits per heavy atom. The van der Waals surface area contributed by atoms with Gasteiger partial charge in [0.25, 0.3) is 0 Å². The minimum atomic E-state index is 0.362. The Balaban J connectivity index is 0.000000205. The quantitative estimate of drug-likeness (QED) is 0.121. The van der Waals surface area contributed by atoms with Gasteiger partial charge in [0, 0.05) is 0 Å². The summed E-state index contributed by atoms with van der Waals surface area (Å²) >= 11 is 0. The predicted molar refractivity (Wildman–Crippen MR) is 170 cm³/mol. The van der Waals surface area contributed by atoms with Crippen LogP contribution in [0.2, 0.25) is 0 Å². The van der Waals surface area contributed by atoms with Crippen LogP contribution < -0.4 is 0 Å². The summed E-state index contributed by atoms with van der Waals surface area (Å²) in [4.78, 5) is 0. The fraction of sp³-hybridized carbons (Fsp3) is 1.00. The van der Waals surface area contributed by atoms with Gasteiger partial charge in [0.15, 0.2) is 0 Å². The average molecular weight is 537 g/mol. The molecule has 4 saturated carbocycles. The Labute approximate surface area is 231 Å². The number of hydrogen-bond acceptors (Lipinski definition) is 0. The topological polar surface area (TPSA) is 0 Å². The van der Waals surface area contributed by atoms with Crippen LogP contribution in [-0.4, -0.2) is 35.0 Å². The van der Waals surface area contributed by atoms with Crippen molar-refractivity contribution in [2.24, 2.45) is 11.8 Å². The molecule has 0 amide bonds. The molecule has 4 fully saturated rings. The van der Waals surface area contributed by atoms with E-state index >= 15 is 0 Å². The monoisotopic (exact) mass is 536 g/mol. The molecule has 0 unspecified atom stereocenters. The lowest BCUT2D eigenvalue weighted by Gasteiger charge is -2.37. The number of hydrogen-bond donors (Lipinski definition) is 0. The van der Waals surface area contributed by atoms with Gasteiger partial charge in [-0.2, -0.15) is 0 Å². The molecule has 0 saturated heterocycles. The Bertz CT molecular complexity index is 536. The fourth-order valence-corrected chi connectivity index (χ4v) is 16.3. The lowest BCUT2D eigenvalue weighted by atomic mass is 10.0. The number of unbranched alkanes of at least 4 members (excludes halogenated alkanes) is 8. The molecule has 0 spiro atoms. The van der Waals surface area contributed by atoms with Gasteiger partial charge in [-0.05, 0) is 137 Å². The fourth-order valence-electron chi connectivity index (χ4n) is 8.54. The molecule has 2 heteroatoms. The zero-order chi connectivity index (χ0) is 25.7. The third-order valence-corrected chi connectivity index (χ3v) is 18.2. The zero-order valence-corrected chi connectivity index (χ0v) is 27.2. The normalized spacial score (nSPS) is 30.5. The molecule has 0 radical (unpaired) electrons. The second-order valence-corrected chi connectivity index (χ2v) is 19.4. The molecule has 4 aliphatic carbocycles. The molecule has 0 aliphatic heterocycles. The van der Waals surface area contributed by atoms with Crippen molar-refractivity contribution in [1.82, 2.24) is 0 Å². The average Bonchev–Trinajstić information content (AvgIpc) is 3.70. The van der Waals surface area contributed by atoms with Gasteiger partial charge in [0.1, 0.15) is 0 Å². The van der Waals surface area contributed by atoms with Crippen LogP contribution in [0.25, 0.3) is 0 Å². The lowest BCUT2D eigenvalue weighted by molar-refractivity contribution is 0.495. The SMILES string of the molecule is CCCCCCP(CCCCCC)C12CCC(CC1)C2.CCCCP(CCCC)C12CCC(CC1)C2. The van der Waals surface area contributed by atoms with E-state index in [0.29, 0.717) is 15.8 Å². The summed E-state index contributed by atoms with van der Waals surface area (Å²) in [7, 11) is 0.746. The van der Waals surface area contributed by atoms with E-state index in [1.54, 1.807) is 102 Å². The van der Waals surface area contributed by atoms with Gasteiger partial charge in [-0.3, -0.25) is 0 Å². The molecule has 212 valence electrons. The molecule has 4 bridgehead atoms. The van der Waals surface area contributed by atoms with Crippen LogP contribution in [0.3, 0.4) is 0 Å². The maximum absolute atomic E-state index is 2.36. The summed E-state index contributed by atoms with van der Waals surface area (Å²) in [5, 5.41) is 1.78. The molecular weight excluding hydrogens is 470 g/mol. The van der Waals surface area contributed by atoms with Crippen LogP contribution in [0.1, 0.15) is 169 Å². The Hall–Kier alpha value is 0.860. The minimum Gasteiger partial charge on any atom is -0.100 e. The summed E-state index contributed by atoms with van der Waals surface area (Å²) in [6.07, 6.45) is 40.1. The van der Waals surface area contributed by atoms with E-state index in [1.807, 2.05) is 0 Å². The zero-order valence-electron chi connectivity index (χ0n) is 25.4. The van der Waals surface area contributed by atoms with Gasteiger partial charge in [0.05, 0.1) is 0 Å². The van der Waals surface area contributed by atoms with E-state index in [-0.39, 0.29) is 0 Å². The van der Waals surface area contributed by atoms with E-state index in [2.05, 4.69) is 27.7 Å². The van der Waals surface area contributed by atoms with Crippen molar-refractivity contribution in [3.05, 3.63) is 0 Å². The second kappa shape index (κ2) is 16.8. The van der Waals surface area contributed by atoms with Crippen LogP contribution >= 0.6 is 15.8 Å². The first-order chi connectivity index (χ1) is 17.6. The largest absolute Gasteiger partial charge is 0.100 e. The minimum absolute atomic E-state index is 0.362. The molecule has 0 N–H and O–H groups in total. The summed E-state index contributed by atoms with van der Waals surface area (Å²) in [6, 6.07) is 0. The molecule has 4 aliphatic rings. The first-order valence-corrected chi connectivity index (χ1v) is 20.5. The maximum atomic E-state index is 2.36. The van der Waals surface area contributed by atoms with Crippen molar-refractivity contribution in [3.8, 4) is 0 Å². The molecule has 0 aromatic carbocycles. The first-order valence-electron chi connectivity index (χ1n) is 17.1. The third-order valence-electron chi connectivity index (χ3n) is 10.9. The maximum Gasteiger partial charge on any atom is -0.00916 e. The summed E-state index contributed by atoms with van der Waals surface area (Å²) < 4.78 is 0. The Morgan fingerprint density at radius 3 is 1.06 bits per heavy atom. The third kappa shape index (κ3) is 8.94. The molecule has 4 rings (SSSR count). The van der Waals surface area contributed by atoms with Crippen LogP contribution in [-0.2, 0) is 0 Å². The Kier molecular flexibility index (Phi) is 14.7. The van der Waals surface area contributed by atoms with Crippen molar-refractivity contribution >= 4 is 15.8 Å². The smallest absolute Gasteiger partial charge is 0.00916 e. The molecule has 0 heterocycles. The van der Waals surface area contributed by atoms with Gasteiger partial charge in [-0.25, -0.2) is 0 Å². The number of rotatable bonds is 18. The van der Waals surface area contributed by atoms with E-state index in [1.165, 1.54) is 64.2 Å². The van der Waals surface area contributed by atoms with E-state index < -0.39 is 0 Å². The standard InChI is InChI=1S/C19H37P.C15H29P/c1-3-5-7-9-15-20(16-10-8-6-4-2)19-13-11-18(17-19)12-14-19;1-3-5-11-16(12-6-4-2)15-9-7-14(13-15)8-10-15/h18H,3-17H2,1-2H3;14H,3-13H2,1-2H3. The molecule has 36 heavy (non-hydrogen) atoms. The van der Waals surface area contributed by atoms with Gasteiger partial charge in [0.2, 0.25) is 0 Å². The molecule has 0 aromatic rings. The van der Waals surface area contributed by atoms with Gasteiger partial charge >= 0.3 is 0 Å². The highest BCUT2D eigenvalue weighted by molar-refractivity contribution is 7.59. The van der Waals surface area contributed by atoms with Gasteiger partial charge in [-0.1, -0.05) is 79.1 Å². The van der Waals surface area contributed by atoms with E-state index in [9.17, 15) is 0 Å². The van der Waals surface area contributed by atoms with Crippen molar-refractivity contribution in [2.45, 2.75) is 179 Å². The van der Waals surface area contributed by atoms with Gasteiger partial charge < -0.3 is 0 Å². The highest BCUT2D eigenvalue weighted by Crippen LogP contribution is 2.67. The first kappa shape index (κ1) is 31.4. The molecule has 0 aromatic heterocycles. The second-order valence-electron chi connectivity index (χ2n) is 13.5.